The Hall–Kier alpha value is -4.19. The van der Waals surface area contributed by atoms with Crippen LogP contribution < -0.4 is 14.2 Å². The molecule has 0 unspecified atom stereocenters. The Bertz CT molecular complexity index is 1140. The number of imidazole rings is 1. The summed E-state index contributed by atoms with van der Waals surface area (Å²) in [4.78, 5) is 19.7. The van der Waals surface area contributed by atoms with Crippen LogP contribution in [-0.4, -0.2) is 48.0 Å². The smallest absolute Gasteiger partial charge is 0.338 e. The highest BCUT2D eigenvalue weighted by atomic mass is 16.6. The fraction of sp³-hybridized carbons (Fsp3) is 0.190. The standard InChI is InChI=1S/C21H17N3O6/c1-27-17-8-12(9-18-19(17)29-7-6-28-18)21(26)30-11-16(25)13(10-22)20-23-14-4-2-3-5-15(14)24-20/h2-5,8-9,25H,6-7,11H2,1H3,(H,23,24)/b16-13-. The molecule has 1 aromatic heterocycles. The number of nitrogens with one attached hydrogen (secondary N) is 1. The third-order valence-corrected chi connectivity index (χ3v) is 4.43. The van der Waals surface area contributed by atoms with E-state index in [2.05, 4.69) is 9.97 Å². The monoisotopic (exact) mass is 407 g/mol. The van der Waals surface area contributed by atoms with Gasteiger partial charge >= 0.3 is 5.97 Å². The first-order valence-electron chi connectivity index (χ1n) is 9.02. The van der Waals surface area contributed by atoms with Gasteiger partial charge in [-0.15, -0.1) is 0 Å². The van der Waals surface area contributed by atoms with Crippen molar-refractivity contribution < 1.29 is 28.8 Å². The summed E-state index contributed by atoms with van der Waals surface area (Å²) in [5, 5.41) is 19.8. The molecule has 9 nitrogen and oxygen atoms in total. The van der Waals surface area contributed by atoms with Gasteiger partial charge in [-0.05, 0) is 24.3 Å². The van der Waals surface area contributed by atoms with Gasteiger partial charge in [0.15, 0.2) is 23.1 Å². The lowest BCUT2D eigenvalue weighted by atomic mass is 10.1. The number of hydrogen-bond acceptors (Lipinski definition) is 8. The van der Waals surface area contributed by atoms with E-state index in [4.69, 9.17) is 18.9 Å². The molecule has 0 atom stereocenters. The maximum absolute atomic E-state index is 12.5. The van der Waals surface area contributed by atoms with E-state index in [1.54, 1.807) is 12.1 Å². The summed E-state index contributed by atoms with van der Waals surface area (Å²) in [5.74, 6) is 0.160. The lowest BCUT2D eigenvalue weighted by Gasteiger charge is -2.21. The number of benzene rings is 2. The van der Waals surface area contributed by atoms with E-state index in [1.807, 2.05) is 18.2 Å². The highest BCUT2D eigenvalue weighted by Crippen LogP contribution is 2.40. The minimum atomic E-state index is -0.723. The topological polar surface area (TPSA) is 127 Å². The van der Waals surface area contributed by atoms with Crippen LogP contribution in [-0.2, 0) is 4.74 Å². The maximum atomic E-state index is 12.5. The average molecular weight is 407 g/mol. The van der Waals surface area contributed by atoms with Gasteiger partial charge < -0.3 is 29.0 Å². The van der Waals surface area contributed by atoms with Crippen LogP contribution in [0.5, 0.6) is 17.2 Å². The Balaban J connectivity index is 1.54. The highest BCUT2D eigenvalue weighted by Gasteiger charge is 2.22. The van der Waals surface area contributed by atoms with Crippen molar-refractivity contribution >= 4 is 22.6 Å². The van der Waals surface area contributed by atoms with Gasteiger partial charge in [0.1, 0.15) is 31.5 Å². The lowest BCUT2D eigenvalue weighted by molar-refractivity contribution is 0.0501. The van der Waals surface area contributed by atoms with Gasteiger partial charge in [0.2, 0.25) is 5.75 Å². The molecule has 30 heavy (non-hydrogen) atoms. The number of fused-ring (bicyclic) bond motifs is 2. The molecule has 0 fully saturated rings. The number of para-hydroxylation sites is 2. The van der Waals surface area contributed by atoms with E-state index in [9.17, 15) is 15.2 Å². The Morgan fingerprint density at radius 1 is 1.30 bits per heavy atom. The van der Waals surface area contributed by atoms with Crippen molar-refractivity contribution in [2.45, 2.75) is 0 Å². The van der Waals surface area contributed by atoms with E-state index in [-0.39, 0.29) is 17.0 Å². The molecule has 4 rings (SSSR count). The Morgan fingerprint density at radius 3 is 2.87 bits per heavy atom. The summed E-state index contributed by atoms with van der Waals surface area (Å²) in [7, 11) is 1.45. The molecule has 0 amide bonds. The molecule has 0 saturated heterocycles. The van der Waals surface area contributed by atoms with Crippen LogP contribution in [0.3, 0.4) is 0 Å². The number of nitriles is 1. The lowest BCUT2D eigenvalue weighted by Crippen LogP contribution is -2.17. The van der Waals surface area contributed by atoms with Crippen molar-refractivity contribution in [3.63, 3.8) is 0 Å². The first-order chi connectivity index (χ1) is 14.6. The quantitative estimate of drug-likeness (QED) is 0.375. The number of carbonyl (C=O) groups excluding carboxylic acids is 1. The number of methoxy groups -OCH3 is 1. The normalized spacial score (nSPS) is 13.3. The molecule has 0 bridgehead atoms. The zero-order valence-electron chi connectivity index (χ0n) is 16.0. The Labute approximate surface area is 171 Å². The van der Waals surface area contributed by atoms with Crippen molar-refractivity contribution in [1.82, 2.24) is 9.97 Å². The van der Waals surface area contributed by atoms with Gasteiger partial charge in [-0.1, -0.05) is 12.1 Å². The number of esters is 1. The second kappa shape index (κ2) is 8.05. The fourth-order valence-corrected chi connectivity index (χ4v) is 3.01. The van der Waals surface area contributed by atoms with E-state index < -0.39 is 18.3 Å². The first kappa shape index (κ1) is 19.1. The molecule has 0 aliphatic carbocycles. The van der Waals surface area contributed by atoms with Crippen molar-refractivity contribution in [2.75, 3.05) is 26.9 Å². The summed E-state index contributed by atoms with van der Waals surface area (Å²) in [6, 6.07) is 12.0. The van der Waals surface area contributed by atoms with Crippen molar-refractivity contribution in [1.29, 1.82) is 5.26 Å². The van der Waals surface area contributed by atoms with E-state index in [0.717, 1.165) is 0 Å². The first-order valence-corrected chi connectivity index (χ1v) is 9.02. The van der Waals surface area contributed by atoms with Crippen molar-refractivity contribution in [2.24, 2.45) is 0 Å². The van der Waals surface area contributed by atoms with Crippen LogP contribution in [0.15, 0.2) is 42.2 Å². The molecular weight excluding hydrogens is 390 g/mol. The zero-order valence-corrected chi connectivity index (χ0v) is 16.0. The fourth-order valence-electron chi connectivity index (χ4n) is 3.01. The van der Waals surface area contributed by atoms with Crippen LogP contribution >= 0.6 is 0 Å². The van der Waals surface area contributed by atoms with Gasteiger partial charge in [-0.25, -0.2) is 9.78 Å². The number of nitrogens with zero attached hydrogens (tertiary/aromatic N) is 2. The maximum Gasteiger partial charge on any atom is 0.338 e. The summed E-state index contributed by atoms with van der Waals surface area (Å²) < 4.78 is 21.4. The summed E-state index contributed by atoms with van der Waals surface area (Å²) >= 11 is 0. The van der Waals surface area contributed by atoms with Crippen LogP contribution in [0.1, 0.15) is 16.2 Å². The minimum Gasteiger partial charge on any atom is -0.507 e. The van der Waals surface area contributed by atoms with Gasteiger partial charge in [-0.3, -0.25) is 0 Å². The van der Waals surface area contributed by atoms with Gasteiger partial charge in [0, 0.05) is 0 Å². The number of aliphatic hydroxyl groups is 1. The van der Waals surface area contributed by atoms with E-state index in [0.29, 0.717) is 41.5 Å². The van der Waals surface area contributed by atoms with Crippen molar-refractivity contribution in [3.8, 4) is 23.3 Å². The molecule has 0 radical (unpaired) electrons. The van der Waals surface area contributed by atoms with Gasteiger partial charge in [0.25, 0.3) is 0 Å². The largest absolute Gasteiger partial charge is 0.507 e. The molecule has 152 valence electrons. The summed E-state index contributed by atoms with van der Waals surface area (Å²) in [6.45, 7) is 0.223. The molecule has 1 aliphatic rings. The molecular formula is C21H17N3O6. The molecule has 9 heteroatoms. The number of carbonyl (C=O) groups is 1. The molecule has 1 aliphatic heterocycles. The van der Waals surface area contributed by atoms with Gasteiger partial charge in [0.05, 0.1) is 23.7 Å². The average Bonchev–Trinajstić information content (AvgIpc) is 3.20. The summed E-state index contributed by atoms with van der Waals surface area (Å²) in [6.07, 6.45) is 0. The number of hydrogen-bond donors (Lipinski definition) is 2. The Morgan fingerprint density at radius 2 is 2.10 bits per heavy atom. The van der Waals surface area contributed by atoms with Crippen molar-refractivity contribution in [3.05, 3.63) is 53.5 Å². The van der Waals surface area contributed by atoms with Crippen LogP contribution in [0.2, 0.25) is 0 Å². The Kier molecular flexibility index (Phi) is 5.13. The molecule has 0 saturated carbocycles. The summed E-state index contributed by atoms with van der Waals surface area (Å²) in [5.41, 5.74) is 1.41. The van der Waals surface area contributed by atoms with Crippen LogP contribution in [0.25, 0.3) is 16.6 Å². The number of rotatable bonds is 5. The van der Waals surface area contributed by atoms with E-state index in [1.165, 1.54) is 19.2 Å². The molecule has 3 aromatic rings. The number of ether oxygens (including phenoxy) is 4. The molecule has 2 N–H and O–H groups in total. The SMILES string of the molecule is COc1cc(C(=O)OC/C(O)=C(\C#N)c2nc3ccccc3[nH]2)cc2c1OCCO2. The minimum absolute atomic E-state index is 0.112. The highest BCUT2D eigenvalue weighted by molar-refractivity contribution is 5.91. The zero-order chi connectivity index (χ0) is 21.1. The number of aromatic amines is 1. The molecule has 2 heterocycles. The third-order valence-electron chi connectivity index (χ3n) is 4.43. The number of allylic oxidation sites excluding steroid dienone is 1. The molecule has 2 aromatic carbocycles. The van der Waals surface area contributed by atoms with E-state index >= 15 is 0 Å². The van der Waals surface area contributed by atoms with Crippen LogP contribution in [0.4, 0.5) is 0 Å². The predicted octanol–water partition coefficient (Wildman–Crippen LogP) is 2.99. The third kappa shape index (κ3) is 3.58. The second-order valence-electron chi connectivity index (χ2n) is 6.31. The molecule has 0 spiro atoms. The van der Waals surface area contributed by atoms with Gasteiger partial charge in [-0.2, -0.15) is 5.26 Å². The van der Waals surface area contributed by atoms with Crippen LogP contribution in [0, 0.1) is 11.3 Å². The predicted molar refractivity (Wildman–Crippen MR) is 106 cm³/mol. The number of H-pyrrole nitrogens is 1. The second-order valence-corrected chi connectivity index (χ2v) is 6.31. The number of aliphatic hydroxyl groups excluding tert-OH is 1. The number of aromatic nitrogens is 2.